The number of anilines is 1. The summed E-state index contributed by atoms with van der Waals surface area (Å²) in [7, 11) is 1.54. The number of ketones is 1. The number of thiophene rings is 1. The van der Waals surface area contributed by atoms with Gasteiger partial charge in [-0.2, -0.15) is 0 Å². The summed E-state index contributed by atoms with van der Waals surface area (Å²) in [4.78, 5) is 41.6. The van der Waals surface area contributed by atoms with Crippen LogP contribution in [0.2, 0.25) is 5.02 Å². The number of hydrogen-bond donors (Lipinski definition) is 2. The third-order valence-electron chi connectivity index (χ3n) is 4.41. The fraction of sp³-hybridized carbons (Fsp3) is 0.286. The van der Waals surface area contributed by atoms with E-state index in [4.69, 9.17) is 21.1 Å². The summed E-state index contributed by atoms with van der Waals surface area (Å²) in [5.41, 5.74) is 1.32. The van der Waals surface area contributed by atoms with E-state index in [1.807, 2.05) is 0 Å². The predicted octanol–water partition coefficient (Wildman–Crippen LogP) is 4.61. The second kappa shape index (κ2) is 10.8. The summed E-state index contributed by atoms with van der Waals surface area (Å²) in [5, 5.41) is 10.8. The number of H-pyrrole nitrogens is 1. The number of aromatic nitrogens is 3. The molecule has 0 bridgehead atoms. The first-order valence-corrected chi connectivity index (χ1v) is 11.9. The quantitative estimate of drug-likeness (QED) is 0.244. The van der Waals surface area contributed by atoms with E-state index in [2.05, 4.69) is 20.5 Å². The summed E-state index contributed by atoms with van der Waals surface area (Å²) in [6.07, 6.45) is 0. The molecule has 2 aromatic heterocycles. The second-order valence-electron chi connectivity index (χ2n) is 6.69. The lowest BCUT2D eigenvalue weighted by Crippen LogP contribution is -2.16. The highest BCUT2D eigenvalue weighted by molar-refractivity contribution is 7.99. The van der Waals surface area contributed by atoms with Crippen LogP contribution in [0.1, 0.15) is 39.4 Å². The number of thioether (sulfide) groups is 1. The molecule has 1 aromatic carbocycles. The Morgan fingerprint density at radius 3 is 2.73 bits per heavy atom. The van der Waals surface area contributed by atoms with Gasteiger partial charge in [0.1, 0.15) is 10.8 Å². The zero-order chi connectivity index (χ0) is 24.1. The number of esters is 1. The van der Waals surface area contributed by atoms with E-state index >= 15 is 0 Å². The molecule has 3 aromatic rings. The van der Waals surface area contributed by atoms with Gasteiger partial charge in [0.05, 0.1) is 35.5 Å². The second-order valence-corrected chi connectivity index (χ2v) is 9.08. The van der Waals surface area contributed by atoms with Crippen LogP contribution in [0, 0.1) is 6.92 Å². The van der Waals surface area contributed by atoms with Gasteiger partial charge in [0.25, 0.3) is 0 Å². The van der Waals surface area contributed by atoms with Crippen LogP contribution in [0.3, 0.4) is 0 Å². The Labute approximate surface area is 203 Å². The topological polar surface area (TPSA) is 123 Å². The molecule has 0 atom stereocenters. The number of amides is 1. The number of nitrogens with one attached hydrogen (secondary N) is 2. The number of hydrogen-bond acceptors (Lipinski definition) is 9. The van der Waals surface area contributed by atoms with E-state index < -0.39 is 5.97 Å². The third-order valence-corrected chi connectivity index (χ3v) is 6.80. The van der Waals surface area contributed by atoms with Crippen molar-refractivity contribution in [2.24, 2.45) is 0 Å². The van der Waals surface area contributed by atoms with Crippen molar-refractivity contribution in [3.63, 3.8) is 0 Å². The molecule has 2 heterocycles. The monoisotopic (exact) mass is 508 g/mol. The van der Waals surface area contributed by atoms with Crippen LogP contribution < -0.4 is 10.1 Å². The molecule has 12 heteroatoms. The first-order valence-electron chi connectivity index (χ1n) is 9.75. The number of halogens is 1. The number of carbonyl (C=O) groups is 3. The maximum absolute atomic E-state index is 12.6. The van der Waals surface area contributed by atoms with Gasteiger partial charge in [-0.15, -0.1) is 16.4 Å². The Hall–Kier alpha value is -2.89. The Balaban J connectivity index is 1.72. The average molecular weight is 509 g/mol. The van der Waals surface area contributed by atoms with Crippen molar-refractivity contribution >= 4 is 57.4 Å². The van der Waals surface area contributed by atoms with Crippen molar-refractivity contribution in [2.75, 3.05) is 24.8 Å². The van der Waals surface area contributed by atoms with Gasteiger partial charge >= 0.3 is 5.97 Å². The lowest BCUT2D eigenvalue weighted by Gasteiger charge is -2.06. The Morgan fingerprint density at radius 1 is 1.30 bits per heavy atom. The predicted molar refractivity (Wildman–Crippen MR) is 128 cm³/mol. The molecule has 0 aliphatic rings. The molecule has 0 radical (unpaired) electrons. The molecule has 9 nitrogen and oxygen atoms in total. The fourth-order valence-corrected chi connectivity index (χ4v) is 4.85. The Morgan fingerprint density at radius 2 is 2.06 bits per heavy atom. The van der Waals surface area contributed by atoms with E-state index in [9.17, 15) is 14.4 Å². The summed E-state index contributed by atoms with van der Waals surface area (Å²) < 4.78 is 10.4. The van der Waals surface area contributed by atoms with Crippen LogP contribution in [0.5, 0.6) is 5.75 Å². The minimum atomic E-state index is -0.587. The van der Waals surface area contributed by atoms with E-state index in [0.717, 1.165) is 23.1 Å². The van der Waals surface area contributed by atoms with E-state index in [1.54, 1.807) is 32.0 Å². The molecule has 0 saturated heterocycles. The molecule has 3 rings (SSSR count). The standard InChI is InChI=1S/C21H21ClN4O5S2/c1-5-31-20(29)16-10(2)17(11(3)27)33-19(16)23-15(28)9-32-21-24-18(25-26-21)13-8-12(22)6-7-14(13)30-4/h6-8H,5,9H2,1-4H3,(H,23,28)(H,24,25,26). The van der Waals surface area contributed by atoms with E-state index in [-0.39, 0.29) is 34.6 Å². The molecule has 0 fully saturated rings. The van der Waals surface area contributed by atoms with Crippen molar-refractivity contribution in [3.8, 4) is 17.1 Å². The minimum absolute atomic E-state index is 0.0153. The summed E-state index contributed by atoms with van der Waals surface area (Å²) >= 11 is 8.22. The molecular formula is C21H21ClN4O5S2. The number of nitrogens with zero attached hydrogens (tertiary/aromatic N) is 2. The first kappa shape index (κ1) is 24.7. The minimum Gasteiger partial charge on any atom is -0.496 e. The summed E-state index contributed by atoms with van der Waals surface area (Å²) in [5.74, 6) is -0.155. The van der Waals surface area contributed by atoms with E-state index in [1.165, 1.54) is 14.0 Å². The highest BCUT2D eigenvalue weighted by Crippen LogP contribution is 2.35. The van der Waals surface area contributed by atoms with Crippen LogP contribution in [0.15, 0.2) is 23.4 Å². The molecule has 0 aliphatic carbocycles. The van der Waals surface area contributed by atoms with Crippen molar-refractivity contribution in [1.29, 1.82) is 0 Å². The Kier molecular flexibility index (Phi) is 8.11. The molecule has 2 N–H and O–H groups in total. The van der Waals surface area contributed by atoms with Gasteiger partial charge in [0.2, 0.25) is 11.1 Å². The van der Waals surface area contributed by atoms with Crippen molar-refractivity contribution in [2.45, 2.75) is 25.9 Å². The zero-order valence-corrected chi connectivity index (χ0v) is 20.7. The molecular weight excluding hydrogens is 488 g/mol. The SMILES string of the molecule is CCOC(=O)c1c(NC(=O)CSc2n[nH]c(-c3cc(Cl)ccc3OC)n2)sc(C(C)=O)c1C. The van der Waals surface area contributed by atoms with Gasteiger partial charge < -0.3 is 14.8 Å². The number of ether oxygens (including phenoxy) is 2. The summed E-state index contributed by atoms with van der Waals surface area (Å²) in [6, 6.07) is 5.12. The maximum Gasteiger partial charge on any atom is 0.341 e. The van der Waals surface area contributed by atoms with Gasteiger partial charge in [-0.05, 0) is 44.5 Å². The normalized spacial score (nSPS) is 10.7. The molecule has 0 saturated carbocycles. The van der Waals surface area contributed by atoms with Gasteiger partial charge in [0.15, 0.2) is 11.6 Å². The Bertz CT molecular complexity index is 1210. The first-order chi connectivity index (χ1) is 15.7. The van der Waals surface area contributed by atoms with Gasteiger partial charge in [-0.3, -0.25) is 14.7 Å². The molecule has 0 spiro atoms. The largest absolute Gasteiger partial charge is 0.496 e. The lowest BCUT2D eigenvalue weighted by molar-refractivity contribution is -0.113. The van der Waals surface area contributed by atoms with E-state index in [0.29, 0.717) is 37.8 Å². The van der Waals surface area contributed by atoms with Crippen molar-refractivity contribution in [1.82, 2.24) is 15.2 Å². The number of methoxy groups -OCH3 is 1. The van der Waals surface area contributed by atoms with Crippen LogP contribution in [0.25, 0.3) is 11.4 Å². The summed E-state index contributed by atoms with van der Waals surface area (Å²) in [6.45, 7) is 4.93. The van der Waals surface area contributed by atoms with Gasteiger partial charge in [-0.25, -0.2) is 9.78 Å². The molecule has 174 valence electrons. The zero-order valence-electron chi connectivity index (χ0n) is 18.3. The number of Topliss-reactive ketones (excluding diaryl/α,β-unsaturated/α-hetero) is 1. The van der Waals surface area contributed by atoms with Crippen molar-refractivity contribution < 1.29 is 23.9 Å². The van der Waals surface area contributed by atoms with Crippen LogP contribution in [-0.4, -0.2) is 52.3 Å². The van der Waals surface area contributed by atoms with Crippen molar-refractivity contribution in [3.05, 3.63) is 39.2 Å². The van der Waals surface area contributed by atoms with Crippen LogP contribution >= 0.6 is 34.7 Å². The van der Waals surface area contributed by atoms with Gasteiger partial charge in [-0.1, -0.05) is 23.4 Å². The molecule has 33 heavy (non-hydrogen) atoms. The maximum atomic E-state index is 12.6. The highest BCUT2D eigenvalue weighted by Gasteiger charge is 2.25. The molecule has 0 aliphatic heterocycles. The number of aromatic amines is 1. The number of rotatable bonds is 9. The van der Waals surface area contributed by atoms with Crippen LogP contribution in [-0.2, 0) is 9.53 Å². The molecule has 0 unspecified atom stereocenters. The van der Waals surface area contributed by atoms with Gasteiger partial charge in [0, 0.05) is 5.02 Å². The number of benzene rings is 1. The number of carbonyl (C=O) groups excluding carboxylic acids is 3. The smallest absolute Gasteiger partial charge is 0.341 e. The molecule has 1 amide bonds. The average Bonchev–Trinajstić information content (AvgIpc) is 3.37. The fourth-order valence-electron chi connectivity index (χ4n) is 2.98. The highest BCUT2D eigenvalue weighted by atomic mass is 35.5. The third kappa shape index (κ3) is 5.73. The lowest BCUT2D eigenvalue weighted by atomic mass is 10.1. The van der Waals surface area contributed by atoms with Crippen LogP contribution in [0.4, 0.5) is 5.00 Å².